The highest BCUT2D eigenvalue weighted by atomic mass is 32.2. The van der Waals surface area contributed by atoms with Crippen molar-refractivity contribution < 1.29 is 13.0 Å². The van der Waals surface area contributed by atoms with Crippen LogP contribution in [0.25, 0.3) is 0 Å². The third kappa shape index (κ3) is 4.73. The molecule has 1 unspecified atom stereocenters. The summed E-state index contributed by atoms with van der Waals surface area (Å²) in [5.41, 5.74) is 0.831. The van der Waals surface area contributed by atoms with Gasteiger partial charge in [-0.1, -0.05) is 13.0 Å². The molecule has 0 aliphatic carbocycles. The van der Waals surface area contributed by atoms with Crippen molar-refractivity contribution in [3.05, 3.63) is 23.9 Å². The van der Waals surface area contributed by atoms with Gasteiger partial charge in [0.2, 0.25) is 0 Å². The van der Waals surface area contributed by atoms with Gasteiger partial charge in [-0.05, 0) is 38.8 Å². The van der Waals surface area contributed by atoms with Crippen LogP contribution in [0.1, 0.15) is 45.7 Å². The van der Waals surface area contributed by atoms with Crippen LogP contribution in [0, 0.1) is 0 Å². The molecular formula is C13H22N2O3S2. The lowest BCUT2D eigenvalue weighted by atomic mass is 10.1. The summed E-state index contributed by atoms with van der Waals surface area (Å²) in [4.78, 5) is 3.96. The lowest BCUT2D eigenvalue weighted by Crippen LogP contribution is -2.41. The number of nitrogens with one attached hydrogen (secondary N) is 1. The summed E-state index contributed by atoms with van der Waals surface area (Å²) in [6.07, 6.45) is 3.39. The predicted octanol–water partition coefficient (Wildman–Crippen LogP) is 1.99. The summed E-state index contributed by atoms with van der Waals surface area (Å²) >= 11 is -1.19. The number of aromatic nitrogens is 1. The van der Waals surface area contributed by atoms with Gasteiger partial charge < -0.3 is 4.55 Å². The Kier molecular flexibility index (Phi) is 5.60. The van der Waals surface area contributed by atoms with Crippen molar-refractivity contribution in [1.82, 2.24) is 9.71 Å². The maximum atomic E-state index is 12.1. The number of sulfone groups is 1. The molecule has 0 aliphatic rings. The molecule has 0 fully saturated rings. The van der Waals surface area contributed by atoms with E-state index in [0.717, 1.165) is 18.2 Å². The van der Waals surface area contributed by atoms with Crippen LogP contribution in [0.2, 0.25) is 0 Å². The lowest BCUT2D eigenvalue weighted by Gasteiger charge is -2.27. The zero-order chi connectivity index (χ0) is 15.6. The van der Waals surface area contributed by atoms with Crippen molar-refractivity contribution in [2.24, 2.45) is 0 Å². The van der Waals surface area contributed by atoms with E-state index in [1.165, 1.54) is 12.3 Å². The first-order valence-electron chi connectivity index (χ1n) is 6.39. The molecule has 0 aromatic carbocycles. The fourth-order valence-electron chi connectivity index (χ4n) is 1.51. The molecule has 1 heterocycles. The fourth-order valence-corrected chi connectivity index (χ4v) is 2.98. The van der Waals surface area contributed by atoms with Gasteiger partial charge in [-0.15, -0.1) is 4.72 Å². The second kappa shape index (κ2) is 6.43. The number of nitrogens with zero attached hydrogens (tertiary/aromatic N) is 1. The Morgan fingerprint density at radius 1 is 1.40 bits per heavy atom. The van der Waals surface area contributed by atoms with Crippen molar-refractivity contribution in [3.63, 3.8) is 0 Å². The molecule has 0 amide bonds. The van der Waals surface area contributed by atoms with Crippen LogP contribution < -0.4 is 4.72 Å². The average Bonchev–Trinajstić information content (AvgIpc) is 2.33. The normalized spacial score (nSPS) is 15.9. The van der Waals surface area contributed by atoms with Crippen LogP contribution in [0.5, 0.6) is 0 Å². The van der Waals surface area contributed by atoms with Gasteiger partial charge in [0.25, 0.3) is 0 Å². The molecule has 0 aliphatic heterocycles. The molecular weight excluding hydrogens is 296 g/mol. The largest absolute Gasteiger partial charge is 0.598 e. The Morgan fingerprint density at radius 3 is 2.35 bits per heavy atom. The topological polar surface area (TPSA) is 82.1 Å². The SMILES string of the molecule is CC[C@H](N[S+]([O-])C(C)(C)C)c1ccc(S(C)(=O)=O)nc1. The highest BCUT2D eigenvalue weighted by Crippen LogP contribution is 2.22. The van der Waals surface area contributed by atoms with Crippen LogP contribution in [-0.2, 0) is 21.2 Å². The van der Waals surface area contributed by atoms with Gasteiger partial charge in [0.05, 0.1) is 6.04 Å². The van der Waals surface area contributed by atoms with Gasteiger partial charge in [0.15, 0.2) is 14.9 Å². The third-order valence-electron chi connectivity index (χ3n) is 2.76. The summed E-state index contributed by atoms with van der Waals surface area (Å²) in [6, 6.07) is 3.08. The summed E-state index contributed by atoms with van der Waals surface area (Å²) in [5, 5.41) is 0.0491. The number of hydrogen-bond donors (Lipinski definition) is 1. The van der Waals surface area contributed by atoms with Crippen molar-refractivity contribution in [2.75, 3.05) is 6.26 Å². The standard InChI is InChI=1S/C13H22N2O3S2/c1-6-11(15-19(16)13(2,3)4)10-7-8-12(14-9-10)20(5,17)18/h7-9,11,15H,6H2,1-5H3/t11-,19?/m0/s1. The molecule has 1 aromatic heterocycles. The first-order valence-corrected chi connectivity index (χ1v) is 9.44. The van der Waals surface area contributed by atoms with Crippen molar-refractivity contribution in [2.45, 2.75) is 49.9 Å². The van der Waals surface area contributed by atoms with Crippen LogP contribution >= 0.6 is 0 Å². The van der Waals surface area contributed by atoms with E-state index >= 15 is 0 Å². The highest BCUT2D eigenvalue weighted by molar-refractivity contribution is 7.91. The third-order valence-corrected chi connectivity index (χ3v) is 5.37. The zero-order valence-corrected chi connectivity index (χ0v) is 14.1. The van der Waals surface area contributed by atoms with E-state index in [0.29, 0.717) is 0 Å². The molecule has 0 bridgehead atoms. The van der Waals surface area contributed by atoms with Crippen LogP contribution in [-0.4, -0.2) is 29.0 Å². The van der Waals surface area contributed by atoms with E-state index in [2.05, 4.69) is 9.71 Å². The van der Waals surface area contributed by atoms with Gasteiger partial charge in [-0.2, -0.15) is 0 Å². The van der Waals surface area contributed by atoms with Crippen LogP contribution in [0.15, 0.2) is 23.4 Å². The van der Waals surface area contributed by atoms with Crippen LogP contribution in [0.3, 0.4) is 0 Å². The van der Waals surface area contributed by atoms with Gasteiger partial charge in [-0.3, -0.25) is 0 Å². The average molecular weight is 318 g/mol. The molecule has 20 heavy (non-hydrogen) atoms. The number of hydrogen-bond acceptors (Lipinski definition) is 5. The molecule has 1 rings (SSSR count). The second-order valence-electron chi connectivity index (χ2n) is 5.66. The van der Waals surface area contributed by atoms with Gasteiger partial charge >= 0.3 is 0 Å². The molecule has 0 spiro atoms. The van der Waals surface area contributed by atoms with E-state index < -0.39 is 21.2 Å². The summed E-state index contributed by atoms with van der Waals surface area (Å²) in [5.74, 6) is 0. The molecule has 0 radical (unpaired) electrons. The Labute approximate surface area is 124 Å². The molecule has 7 heteroatoms. The van der Waals surface area contributed by atoms with E-state index in [1.54, 1.807) is 6.07 Å². The second-order valence-corrected chi connectivity index (χ2v) is 9.62. The molecule has 1 aromatic rings. The molecule has 0 saturated heterocycles. The first kappa shape index (κ1) is 17.4. The Hall–Kier alpha value is -0.630. The minimum Gasteiger partial charge on any atom is -0.598 e. The van der Waals surface area contributed by atoms with Gasteiger partial charge in [-0.25, -0.2) is 13.4 Å². The summed E-state index contributed by atoms with van der Waals surface area (Å²) in [6.45, 7) is 7.66. The smallest absolute Gasteiger partial charge is 0.192 e. The van der Waals surface area contributed by atoms with E-state index in [9.17, 15) is 13.0 Å². The minimum absolute atomic E-state index is 0.0491. The Bertz CT molecular complexity index is 536. The minimum atomic E-state index is -3.29. The van der Waals surface area contributed by atoms with Crippen molar-refractivity contribution in [1.29, 1.82) is 0 Å². The van der Waals surface area contributed by atoms with Crippen LogP contribution in [0.4, 0.5) is 0 Å². The van der Waals surface area contributed by atoms with Gasteiger partial charge in [0.1, 0.15) is 4.75 Å². The predicted molar refractivity (Wildman–Crippen MR) is 81.4 cm³/mol. The molecule has 2 atom stereocenters. The first-order chi connectivity index (χ1) is 9.05. The molecule has 114 valence electrons. The zero-order valence-electron chi connectivity index (χ0n) is 12.5. The summed E-state index contributed by atoms with van der Waals surface area (Å²) in [7, 11) is -3.29. The monoisotopic (exact) mass is 318 g/mol. The fraction of sp³-hybridized carbons (Fsp3) is 0.615. The van der Waals surface area contributed by atoms with Gasteiger partial charge in [0, 0.05) is 23.8 Å². The lowest BCUT2D eigenvalue weighted by molar-refractivity contribution is 0.518. The maximum absolute atomic E-state index is 12.1. The molecule has 1 N–H and O–H groups in total. The number of rotatable bonds is 5. The van der Waals surface area contributed by atoms with E-state index in [1.807, 2.05) is 27.7 Å². The Morgan fingerprint density at radius 2 is 2.00 bits per heavy atom. The van der Waals surface area contributed by atoms with Crippen molar-refractivity contribution >= 4 is 21.2 Å². The quantitative estimate of drug-likeness (QED) is 0.840. The number of pyridine rings is 1. The Balaban J connectivity index is 2.91. The summed E-state index contributed by atoms with van der Waals surface area (Å²) < 4.78 is 37.6. The molecule has 5 nitrogen and oxygen atoms in total. The molecule has 0 saturated carbocycles. The van der Waals surface area contributed by atoms with Crippen molar-refractivity contribution in [3.8, 4) is 0 Å². The van der Waals surface area contributed by atoms with E-state index in [-0.39, 0.29) is 15.8 Å². The highest BCUT2D eigenvalue weighted by Gasteiger charge is 2.29. The maximum Gasteiger partial charge on any atom is 0.192 e. The van der Waals surface area contributed by atoms with E-state index in [4.69, 9.17) is 0 Å².